The molecular weight excluding hydrogens is 449 g/mol. The zero-order valence-corrected chi connectivity index (χ0v) is 18.1. The highest BCUT2D eigenvalue weighted by Crippen LogP contribution is 2.35. The number of hydrogen-bond acceptors (Lipinski definition) is 4. The highest BCUT2D eigenvalue weighted by Gasteiger charge is 2.33. The van der Waals surface area contributed by atoms with Crippen LogP contribution >= 0.6 is 0 Å². The molecule has 0 bridgehead atoms. The van der Waals surface area contributed by atoms with Gasteiger partial charge in [-0.3, -0.25) is 9.88 Å². The van der Waals surface area contributed by atoms with Gasteiger partial charge < -0.3 is 14.6 Å². The highest BCUT2D eigenvalue weighted by molar-refractivity contribution is 5.67. The number of amides is 1. The Morgan fingerprint density at radius 2 is 1.71 bits per heavy atom. The first-order chi connectivity index (χ1) is 16.3. The lowest BCUT2D eigenvalue weighted by Crippen LogP contribution is -2.35. The van der Waals surface area contributed by atoms with Crippen LogP contribution in [0.4, 0.5) is 18.0 Å². The molecule has 0 spiro atoms. The van der Waals surface area contributed by atoms with Crippen LogP contribution in [0.3, 0.4) is 0 Å². The van der Waals surface area contributed by atoms with Crippen LogP contribution in [0.1, 0.15) is 34.0 Å². The van der Waals surface area contributed by atoms with Gasteiger partial charge in [0.1, 0.15) is 6.04 Å². The standard InChI is InChI=1S/C25H23F3N2O4/c26-25(27,28)20-10-8-18(9-11-20)23(30(24(31)32)16-17-5-2-1-3-6-17)22-19(7-4-12-29-22)15-21-33-13-14-34-21/h1-12,21,23H,13-16H2,(H,31,32)/t23-/m0/s1. The van der Waals surface area contributed by atoms with Crippen molar-refractivity contribution in [3.05, 3.63) is 101 Å². The fraction of sp³-hybridized carbons (Fsp3) is 0.280. The first kappa shape index (κ1) is 23.7. The Bertz CT molecular complexity index is 1100. The van der Waals surface area contributed by atoms with E-state index in [0.717, 1.165) is 17.7 Å². The summed E-state index contributed by atoms with van der Waals surface area (Å²) in [5.41, 5.74) is 1.41. The zero-order valence-electron chi connectivity index (χ0n) is 18.1. The van der Waals surface area contributed by atoms with Crippen molar-refractivity contribution in [3.8, 4) is 0 Å². The molecule has 6 nitrogen and oxygen atoms in total. The van der Waals surface area contributed by atoms with Crippen molar-refractivity contribution >= 4 is 6.09 Å². The van der Waals surface area contributed by atoms with Crippen LogP contribution in [0, 0.1) is 0 Å². The summed E-state index contributed by atoms with van der Waals surface area (Å²) in [5.74, 6) is 0. The molecule has 1 aromatic heterocycles. The number of hydrogen-bond donors (Lipinski definition) is 1. The van der Waals surface area contributed by atoms with Crippen molar-refractivity contribution in [1.82, 2.24) is 9.88 Å². The average Bonchev–Trinajstić information content (AvgIpc) is 3.33. The molecule has 1 amide bonds. The smallest absolute Gasteiger partial charge is 0.416 e. The summed E-state index contributed by atoms with van der Waals surface area (Å²) in [4.78, 5) is 18.1. The summed E-state index contributed by atoms with van der Waals surface area (Å²) in [6.45, 7) is 0.935. The Morgan fingerprint density at radius 3 is 2.32 bits per heavy atom. The zero-order chi connectivity index (χ0) is 24.1. The van der Waals surface area contributed by atoms with Gasteiger partial charge in [-0.15, -0.1) is 0 Å². The van der Waals surface area contributed by atoms with Crippen LogP contribution in [0.5, 0.6) is 0 Å². The van der Waals surface area contributed by atoms with Gasteiger partial charge >= 0.3 is 12.3 Å². The Labute approximate surface area is 194 Å². The van der Waals surface area contributed by atoms with Gasteiger partial charge in [0.2, 0.25) is 0 Å². The summed E-state index contributed by atoms with van der Waals surface area (Å²) < 4.78 is 50.6. The molecule has 2 aromatic carbocycles. The van der Waals surface area contributed by atoms with Crippen molar-refractivity contribution in [1.29, 1.82) is 0 Å². The van der Waals surface area contributed by atoms with Crippen LogP contribution in [0.25, 0.3) is 0 Å². The first-order valence-corrected chi connectivity index (χ1v) is 10.7. The van der Waals surface area contributed by atoms with Crippen LogP contribution in [0.15, 0.2) is 72.9 Å². The van der Waals surface area contributed by atoms with Crippen LogP contribution in [-0.4, -0.2) is 40.6 Å². The van der Waals surface area contributed by atoms with Gasteiger partial charge in [-0.2, -0.15) is 13.2 Å². The van der Waals surface area contributed by atoms with E-state index in [-0.39, 0.29) is 6.54 Å². The fourth-order valence-electron chi connectivity index (χ4n) is 3.96. The lowest BCUT2D eigenvalue weighted by atomic mass is 9.95. The second-order valence-electron chi connectivity index (χ2n) is 7.84. The minimum absolute atomic E-state index is 0.0221. The molecule has 178 valence electrons. The van der Waals surface area contributed by atoms with Crippen LogP contribution < -0.4 is 0 Å². The van der Waals surface area contributed by atoms with Gasteiger partial charge in [0.15, 0.2) is 6.29 Å². The lowest BCUT2D eigenvalue weighted by molar-refractivity contribution is -0.137. The summed E-state index contributed by atoms with van der Waals surface area (Å²) >= 11 is 0. The third-order valence-electron chi connectivity index (χ3n) is 5.57. The largest absolute Gasteiger partial charge is 0.465 e. The predicted molar refractivity (Wildman–Crippen MR) is 117 cm³/mol. The van der Waals surface area contributed by atoms with E-state index in [0.29, 0.717) is 36.5 Å². The van der Waals surface area contributed by atoms with E-state index in [2.05, 4.69) is 4.98 Å². The summed E-state index contributed by atoms with van der Waals surface area (Å²) in [6, 6.07) is 16.1. The molecule has 4 rings (SSSR count). The van der Waals surface area contributed by atoms with Crippen LogP contribution in [-0.2, 0) is 28.6 Å². The highest BCUT2D eigenvalue weighted by atomic mass is 19.4. The minimum atomic E-state index is -4.50. The third-order valence-corrected chi connectivity index (χ3v) is 5.57. The van der Waals surface area contributed by atoms with E-state index < -0.39 is 30.2 Å². The van der Waals surface area contributed by atoms with Crippen molar-refractivity contribution in [2.24, 2.45) is 0 Å². The molecule has 1 aliphatic heterocycles. The van der Waals surface area contributed by atoms with E-state index in [9.17, 15) is 23.1 Å². The number of nitrogens with zero attached hydrogens (tertiary/aromatic N) is 2. The summed E-state index contributed by atoms with van der Waals surface area (Å²) in [6.07, 6.45) is -4.35. The third kappa shape index (κ3) is 5.55. The van der Waals surface area contributed by atoms with E-state index in [1.54, 1.807) is 36.4 Å². The second kappa shape index (κ2) is 10.2. The number of aromatic nitrogens is 1. The number of carbonyl (C=O) groups is 1. The van der Waals surface area contributed by atoms with Gasteiger partial charge in [-0.05, 0) is 34.9 Å². The van der Waals surface area contributed by atoms with Crippen molar-refractivity contribution < 1.29 is 32.5 Å². The molecule has 34 heavy (non-hydrogen) atoms. The SMILES string of the molecule is O=C(O)N(Cc1ccccc1)[C@@H](c1ccc(C(F)(F)F)cc1)c1ncccc1CC1OCCO1. The van der Waals surface area contributed by atoms with E-state index in [1.165, 1.54) is 23.2 Å². The second-order valence-corrected chi connectivity index (χ2v) is 7.84. The monoisotopic (exact) mass is 472 g/mol. The molecule has 1 atom stereocenters. The Morgan fingerprint density at radius 1 is 1.03 bits per heavy atom. The van der Waals surface area contributed by atoms with E-state index in [4.69, 9.17) is 9.47 Å². The van der Waals surface area contributed by atoms with Gasteiger partial charge in [0, 0.05) is 12.6 Å². The molecule has 2 heterocycles. The lowest BCUT2D eigenvalue weighted by Gasteiger charge is -2.31. The molecule has 0 aliphatic carbocycles. The number of carboxylic acid groups (broad SMARTS) is 1. The average molecular weight is 472 g/mol. The number of benzene rings is 2. The molecule has 0 radical (unpaired) electrons. The normalized spacial score (nSPS) is 15.3. The van der Waals surface area contributed by atoms with Gasteiger partial charge in [0.25, 0.3) is 0 Å². The molecule has 9 heteroatoms. The topological polar surface area (TPSA) is 71.9 Å². The molecule has 1 saturated heterocycles. The molecule has 1 fully saturated rings. The number of rotatable bonds is 7. The molecule has 0 unspecified atom stereocenters. The minimum Gasteiger partial charge on any atom is -0.465 e. The quantitative estimate of drug-likeness (QED) is 0.506. The Hall–Kier alpha value is -3.43. The summed E-state index contributed by atoms with van der Waals surface area (Å²) in [7, 11) is 0. The first-order valence-electron chi connectivity index (χ1n) is 10.7. The van der Waals surface area contributed by atoms with Crippen molar-refractivity contribution in [2.75, 3.05) is 13.2 Å². The molecule has 1 aliphatic rings. The van der Waals surface area contributed by atoms with E-state index >= 15 is 0 Å². The Kier molecular flexibility index (Phi) is 7.14. The van der Waals surface area contributed by atoms with Crippen molar-refractivity contribution in [3.63, 3.8) is 0 Å². The fourth-order valence-corrected chi connectivity index (χ4v) is 3.96. The number of halogens is 3. The maximum Gasteiger partial charge on any atom is 0.416 e. The van der Waals surface area contributed by atoms with Gasteiger partial charge in [0.05, 0.1) is 31.0 Å². The maximum atomic E-state index is 13.2. The number of ether oxygens (including phenoxy) is 2. The molecular formula is C25H23F3N2O4. The van der Waals surface area contributed by atoms with Gasteiger partial charge in [-0.1, -0.05) is 48.5 Å². The molecule has 0 saturated carbocycles. The van der Waals surface area contributed by atoms with Gasteiger partial charge in [-0.25, -0.2) is 4.79 Å². The maximum absolute atomic E-state index is 13.2. The van der Waals surface area contributed by atoms with Crippen molar-refractivity contribution in [2.45, 2.75) is 31.5 Å². The summed E-state index contributed by atoms with van der Waals surface area (Å²) in [5, 5.41) is 10.2. The van der Waals surface area contributed by atoms with E-state index in [1.807, 2.05) is 6.07 Å². The van der Waals surface area contributed by atoms with Crippen LogP contribution in [0.2, 0.25) is 0 Å². The number of alkyl halides is 3. The molecule has 3 aromatic rings. The predicted octanol–water partition coefficient (Wildman–Crippen LogP) is 5.29. The Balaban J connectivity index is 1.79. The molecule has 1 N–H and O–H groups in total. The number of pyridine rings is 1.